The molecule has 0 spiro atoms. The van der Waals surface area contributed by atoms with E-state index in [0.717, 1.165) is 5.69 Å². The lowest BCUT2D eigenvalue weighted by Gasteiger charge is -2.30. The van der Waals surface area contributed by atoms with E-state index in [9.17, 15) is 4.79 Å². The quantitative estimate of drug-likeness (QED) is 0.180. The van der Waals surface area contributed by atoms with Crippen LogP contribution in [0.1, 0.15) is 64.6 Å². The lowest BCUT2D eigenvalue weighted by atomic mass is 10.0. The van der Waals surface area contributed by atoms with Crippen LogP contribution in [0.25, 0.3) is 16.6 Å². The number of pyridine rings is 1. The molecule has 0 saturated carbocycles. The van der Waals surface area contributed by atoms with Crippen LogP contribution in [0.15, 0.2) is 53.8 Å². The Labute approximate surface area is 270 Å². The monoisotopic (exact) mass is 640 g/mol. The van der Waals surface area contributed by atoms with Gasteiger partial charge in [-0.15, -0.1) is 0 Å². The number of halogens is 2. The minimum absolute atomic E-state index is 0.00843. The van der Waals surface area contributed by atoms with Crippen molar-refractivity contribution >= 4 is 34.6 Å². The minimum atomic E-state index is -0.520. The Morgan fingerprint density at radius 3 is 2.36 bits per heavy atom. The number of likely N-dealkylation sites (N-methyl/N-ethyl adjacent to an activating group) is 1. The second-order valence-electron chi connectivity index (χ2n) is 10.5. The molecule has 1 amide bonds. The van der Waals surface area contributed by atoms with E-state index in [1.54, 1.807) is 61.9 Å². The topological polar surface area (TPSA) is 107 Å². The molecule has 45 heavy (non-hydrogen) atoms. The largest absolute Gasteiger partial charge is 0.451 e. The summed E-state index contributed by atoms with van der Waals surface area (Å²) in [6.45, 7) is 15.1. The Balaban J connectivity index is 0.000000464. The molecular weight excluding hydrogens is 595 g/mol. The lowest BCUT2D eigenvalue weighted by molar-refractivity contribution is -0.106. The molecule has 1 aliphatic heterocycles. The molecule has 2 aromatic carbocycles. The summed E-state index contributed by atoms with van der Waals surface area (Å²) in [5.74, 6) is 0.313. The zero-order chi connectivity index (χ0) is 33.7. The number of hydrogen-bond donors (Lipinski definition) is 1. The number of carbonyl (C=O) groups excluding carboxylic acids is 1. The van der Waals surface area contributed by atoms with Gasteiger partial charge >= 0.3 is 0 Å². The van der Waals surface area contributed by atoms with Gasteiger partial charge in [-0.2, -0.15) is 0 Å². The first-order chi connectivity index (χ1) is 21.6. The molecule has 1 aliphatic rings. The summed E-state index contributed by atoms with van der Waals surface area (Å²) in [5.41, 5.74) is 6.76. The van der Waals surface area contributed by atoms with Crippen molar-refractivity contribution in [3.05, 3.63) is 81.4 Å². The van der Waals surface area contributed by atoms with Crippen LogP contribution in [-0.2, 0) is 4.79 Å². The first-order valence-electron chi connectivity index (χ1n) is 15.2. The Hall–Kier alpha value is -4.02. The number of primary amides is 1. The second-order valence-corrected chi connectivity index (χ2v) is 10.9. The molecule has 5 rings (SSSR count). The number of fused-ring (bicyclic) bond motifs is 2. The van der Waals surface area contributed by atoms with Crippen molar-refractivity contribution < 1.29 is 13.9 Å². The molecule has 244 valence electrons. The normalized spacial score (nSPS) is 11.4. The molecule has 0 saturated heterocycles. The van der Waals surface area contributed by atoms with Crippen molar-refractivity contribution in [1.29, 1.82) is 0 Å². The van der Waals surface area contributed by atoms with Gasteiger partial charge < -0.3 is 24.8 Å². The van der Waals surface area contributed by atoms with E-state index in [1.165, 1.54) is 32.0 Å². The van der Waals surface area contributed by atoms with E-state index >= 15 is 4.39 Å². The maximum Gasteiger partial charge on any atom is 0.204 e. The van der Waals surface area contributed by atoms with Crippen LogP contribution in [0.3, 0.4) is 0 Å². The van der Waals surface area contributed by atoms with Gasteiger partial charge in [-0.1, -0.05) is 46.2 Å². The number of nitrogens with zero attached hydrogens (tertiary/aromatic N) is 5. The summed E-state index contributed by atoms with van der Waals surface area (Å²) >= 11 is 6.22. The zero-order valence-corrected chi connectivity index (χ0v) is 28.4. The van der Waals surface area contributed by atoms with Gasteiger partial charge in [0.15, 0.2) is 22.7 Å². The van der Waals surface area contributed by atoms with Crippen LogP contribution in [0, 0.1) is 12.7 Å². The number of anilines is 1. The number of benzene rings is 2. The third-order valence-corrected chi connectivity index (χ3v) is 7.20. The van der Waals surface area contributed by atoms with Gasteiger partial charge in [-0.05, 0) is 64.2 Å². The van der Waals surface area contributed by atoms with E-state index in [2.05, 4.69) is 41.5 Å². The van der Waals surface area contributed by atoms with Crippen LogP contribution in [0.2, 0.25) is 5.02 Å². The third-order valence-electron chi connectivity index (χ3n) is 6.97. The van der Waals surface area contributed by atoms with Gasteiger partial charge in [0.25, 0.3) is 0 Å². The highest BCUT2D eigenvalue weighted by atomic mass is 35.5. The number of carbonyl (C=O) groups is 1. The van der Waals surface area contributed by atoms with E-state index < -0.39 is 5.82 Å². The Kier molecular flexibility index (Phi) is 14.9. The number of hydrogen-bond acceptors (Lipinski definition) is 7. The molecule has 0 bridgehead atoms. The fourth-order valence-electron chi connectivity index (χ4n) is 5.10. The van der Waals surface area contributed by atoms with Gasteiger partial charge in [0, 0.05) is 54.9 Å². The first-order valence-corrected chi connectivity index (χ1v) is 15.6. The molecule has 0 fully saturated rings. The maximum atomic E-state index is 15.5. The fraction of sp³-hybridized carbons (Fsp3) is 0.412. The predicted molar refractivity (Wildman–Crippen MR) is 183 cm³/mol. The number of ether oxygens (including phenoxy) is 1. The molecule has 1 unspecified atom stereocenters. The van der Waals surface area contributed by atoms with Gasteiger partial charge in [-0.25, -0.2) is 4.39 Å². The molecule has 4 aromatic rings. The molecule has 2 aromatic heterocycles. The summed E-state index contributed by atoms with van der Waals surface area (Å²) in [7, 11) is 3.97. The summed E-state index contributed by atoms with van der Waals surface area (Å²) in [4.78, 5) is 34.1. The predicted octanol–water partition coefficient (Wildman–Crippen LogP) is 7.09. The van der Waals surface area contributed by atoms with Crippen LogP contribution in [0.5, 0.6) is 11.5 Å². The third kappa shape index (κ3) is 9.25. The zero-order valence-electron chi connectivity index (χ0n) is 27.6. The number of aryl methyl sites for hydroxylation is 1. The van der Waals surface area contributed by atoms with Gasteiger partial charge in [0.2, 0.25) is 6.41 Å². The van der Waals surface area contributed by atoms with Crippen LogP contribution >= 0.6 is 11.6 Å². The SMILES string of the molecule is CC.CCCN(C)CCC.Cc1cn2c3c(c(N(C)CC(C)c4cnccn4)c(F)cc3c1=O)Oc1ccc(Cl)cc1-2.NC=O. The average molecular weight is 641 g/mol. The Morgan fingerprint density at radius 2 is 1.78 bits per heavy atom. The Morgan fingerprint density at radius 1 is 1.13 bits per heavy atom. The first kappa shape index (κ1) is 37.2. The lowest BCUT2D eigenvalue weighted by Crippen LogP contribution is -2.26. The van der Waals surface area contributed by atoms with E-state index in [0.29, 0.717) is 39.8 Å². The smallest absolute Gasteiger partial charge is 0.204 e. The van der Waals surface area contributed by atoms with Crippen molar-refractivity contribution in [2.24, 2.45) is 5.73 Å². The van der Waals surface area contributed by atoms with Gasteiger partial charge in [0.05, 0.1) is 16.8 Å². The number of rotatable bonds is 8. The fourth-order valence-corrected chi connectivity index (χ4v) is 5.27. The van der Waals surface area contributed by atoms with E-state index in [1.807, 2.05) is 25.3 Å². The van der Waals surface area contributed by atoms with Crippen LogP contribution < -0.4 is 20.8 Å². The van der Waals surface area contributed by atoms with Crippen LogP contribution in [0.4, 0.5) is 10.1 Å². The molecule has 2 N–H and O–H groups in total. The molecule has 11 heteroatoms. The van der Waals surface area contributed by atoms with Crippen molar-refractivity contribution in [2.75, 3.05) is 38.6 Å². The van der Waals surface area contributed by atoms with Crippen LogP contribution in [-0.4, -0.2) is 59.6 Å². The average Bonchev–Trinajstić information content (AvgIpc) is 3.02. The molecule has 3 heterocycles. The highest BCUT2D eigenvalue weighted by molar-refractivity contribution is 6.30. The van der Waals surface area contributed by atoms with E-state index in [-0.39, 0.29) is 28.8 Å². The standard InChI is InChI=1S/C24H20ClFN4O2.C7H17N.C2H6.CH3NO/c1-13(18-10-27-6-7-28-18)11-29(3)22-17(26)9-16-21-24(22)32-20-5-4-15(25)8-19(20)30(21)12-14(2)23(16)31;1-4-6-8(3)7-5-2;1-2;2-1-3/h4-10,12-13H,11H2,1-3H3;4-7H2,1-3H3;1-2H3;1H,(H2,2,3). The Bertz CT molecular complexity index is 1590. The van der Waals surface area contributed by atoms with E-state index in [4.69, 9.17) is 21.1 Å². The minimum Gasteiger partial charge on any atom is -0.451 e. The summed E-state index contributed by atoms with van der Waals surface area (Å²) in [6.07, 6.45) is 9.50. The van der Waals surface area contributed by atoms with Crippen molar-refractivity contribution in [2.45, 2.75) is 60.3 Å². The maximum absolute atomic E-state index is 15.5. The number of nitrogens with two attached hydrogens (primary N) is 1. The highest BCUT2D eigenvalue weighted by Gasteiger charge is 2.29. The summed E-state index contributed by atoms with van der Waals surface area (Å²) < 4.78 is 23.5. The highest BCUT2D eigenvalue weighted by Crippen LogP contribution is 2.47. The van der Waals surface area contributed by atoms with Crippen molar-refractivity contribution in [3.63, 3.8) is 0 Å². The van der Waals surface area contributed by atoms with Crippen molar-refractivity contribution in [1.82, 2.24) is 19.4 Å². The number of amides is 1. The van der Waals surface area contributed by atoms with Gasteiger partial charge in [-0.3, -0.25) is 19.6 Å². The molecule has 9 nitrogen and oxygen atoms in total. The molecule has 1 atom stereocenters. The summed E-state index contributed by atoms with van der Waals surface area (Å²) in [6, 6.07) is 6.53. The summed E-state index contributed by atoms with van der Waals surface area (Å²) in [5, 5.41) is 0.805. The van der Waals surface area contributed by atoms with Gasteiger partial charge in [0.1, 0.15) is 11.2 Å². The molecule has 0 radical (unpaired) electrons. The van der Waals surface area contributed by atoms with Crippen molar-refractivity contribution in [3.8, 4) is 17.2 Å². The molecular formula is C34H46ClFN6O3. The number of aromatic nitrogens is 3. The second kappa shape index (κ2) is 18.1. The molecule has 0 aliphatic carbocycles.